The Hall–Kier alpha value is -1.84. The van der Waals surface area contributed by atoms with E-state index in [1.54, 1.807) is 9.80 Å². The first kappa shape index (κ1) is 14.6. The topological polar surface area (TPSA) is 40.6 Å². The number of amides is 2. The van der Waals surface area contributed by atoms with Gasteiger partial charge in [-0.1, -0.05) is 13.0 Å². The summed E-state index contributed by atoms with van der Waals surface area (Å²) in [7, 11) is 1.82. The third-order valence-corrected chi connectivity index (χ3v) is 4.05. The maximum Gasteiger partial charge on any atom is 0.253 e. The minimum atomic E-state index is 0.00726. The van der Waals surface area contributed by atoms with E-state index in [4.69, 9.17) is 0 Å². The van der Waals surface area contributed by atoms with Crippen LogP contribution in [0.25, 0.3) is 0 Å². The molecule has 2 amide bonds. The van der Waals surface area contributed by atoms with E-state index < -0.39 is 0 Å². The summed E-state index contributed by atoms with van der Waals surface area (Å²) in [5.41, 5.74) is 1.47. The molecule has 0 aliphatic carbocycles. The molecule has 1 fully saturated rings. The molecular weight excluding hydrogens is 252 g/mol. The van der Waals surface area contributed by atoms with Crippen molar-refractivity contribution in [2.75, 3.05) is 18.5 Å². The molecule has 1 heterocycles. The smallest absolute Gasteiger partial charge is 0.253 e. The van der Waals surface area contributed by atoms with Crippen molar-refractivity contribution in [1.82, 2.24) is 4.90 Å². The first-order valence-corrected chi connectivity index (χ1v) is 7.22. The summed E-state index contributed by atoms with van der Waals surface area (Å²) < 4.78 is 0. The third-order valence-electron chi connectivity index (χ3n) is 4.05. The van der Waals surface area contributed by atoms with Crippen LogP contribution in [0.4, 0.5) is 5.69 Å². The van der Waals surface area contributed by atoms with Gasteiger partial charge in [0.05, 0.1) is 0 Å². The molecule has 1 aliphatic rings. The Morgan fingerprint density at radius 1 is 1.45 bits per heavy atom. The summed E-state index contributed by atoms with van der Waals surface area (Å²) in [6, 6.07) is 7.58. The van der Waals surface area contributed by atoms with Gasteiger partial charge in [0.25, 0.3) is 5.91 Å². The third kappa shape index (κ3) is 2.84. The number of hydrogen-bond acceptors (Lipinski definition) is 2. The first-order chi connectivity index (χ1) is 9.54. The van der Waals surface area contributed by atoms with Crippen molar-refractivity contribution in [1.29, 1.82) is 0 Å². The maximum absolute atomic E-state index is 12.4. The minimum absolute atomic E-state index is 0.00726. The standard InChI is InChI=1S/C16H22N2O2/c1-4-12(2)17(3)16(20)13-7-5-8-14(11-13)18-10-6-9-15(18)19/h5,7-8,11-12H,4,6,9-10H2,1-3H3. The van der Waals surface area contributed by atoms with Crippen molar-refractivity contribution in [3.63, 3.8) is 0 Å². The van der Waals surface area contributed by atoms with E-state index in [2.05, 4.69) is 6.92 Å². The normalized spacial score (nSPS) is 16.4. The number of nitrogens with zero attached hydrogens (tertiary/aromatic N) is 2. The van der Waals surface area contributed by atoms with Gasteiger partial charge in [0.1, 0.15) is 0 Å². The molecule has 1 unspecified atom stereocenters. The van der Waals surface area contributed by atoms with E-state index >= 15 is 0 Å². The molecule has 1 atom stereocenters. The molecule has 2 rings (SSSR count). The predicted octanol–water partition coefficient (Wildman–Crippen LogP) is 2.68. The minimum Gasteiger partial charge on any atom is -0.339 e. The Morgan fingerprint density at radius 3 is 2.80 bits per heavy atom. The molecule has 1 aliphatic heterocycles. The van der Waals surface area contributed by atoms with E-state index in [0.29, 0.717) is 12.0 Å². The highest BCUT2D eigenvalue weighted by atomic mass is 16.2. The molecule has 1 aromatic rings. The number of anilines is 1. The van der Waals surface area contributed by atoms with Gasteiger partial charge in [-0.3, -0.25) is 9.59 Å². The highest BCUT2D eigenvalue weighted by molar-refractivity contribution is 5.99. The number of hydrogen-bond donors (Lipinski definition) is 0. The van der Waals surface area contributed by atoms with Gasteiger partial charge >= 0.3 is 0 Å². The van der Waals surface area contributed by atoms with E-state index in [1.165, 1.54) is 0 Å². The molecule has 0 aromatic heterocycles. The average Bonchev–Trinajstić information content (AvgIpc) is 2.91. The Labute approximate surface area is 120 Å². The number of carbonyl (C=O) groups excluding carboxylic acids is 2. The molecule has 0 saturated carbocycles. The molecule has 20 heavy (non-hydrogen) atoms. The second-order valence-corrected chi connectivity index (χ2v) is 5.37. The highest BCUT2D eigenvalue weighted by Gasteiger charge is 2.23. The lowest BCUT2D eigenvalue weighted by atomic mass is 10.1. The fourth-order valence-corrected chi connectivity index (χ4v) is 2.41. The van der Waals surface area contributed by atoms with Crippen LogP contribution in [0, 0.1) is 0 Å². The van der Waals surface area contributed by atoms with Crippen LogP contribution in [0.1, 0.15) is 43.5 Å². The van der Waals surface area contributed by atoms with E-state index in [-0.39, 0.29) is 17.9 Å². The molecule has 0 bridgehead atoms. The van der Waals surface area contributed by atoms with Crippen LogP contribution in [0.15, 0.2) is 24.3 Å². The van der Waals surface area contributed by atoms with Crippen LogP contribution in [0.3, 0.4) is 0 Å². The lowest BCUT2D eigenvalue weighted by Gasteiger charge is -2.24. The molecule has 0 radical (unpaired) electrons. The SMILES string of the molecule is CCC(C)N(C)C(=O)c1cccc(N2CCCC2=O)c1. The Bertz CT molecular complexity index is 513. The fourth-order valence-electron chi connectivity index (χ4n) is 2.41. The van der Waals surface area contributed by atoms with Gasteiger partial charge in [0.15, 0.2) is 0 Å². The van der Waals surface area contributed by atoms with Gasteiger partial charge in [-0.2, -0.15) is 0 Å². The van der Waals surface area contributed by atoms with E-state index in [9.17, 15) is 9.59 Å². The first-order valence-electron chi connectivity index (χ1n) is 7.22. The van der Waals surface area contributed by atoms with Gasteiger partial charge in [-0.15, -0.1) is 0 Å². The quantitative estimate of drug-likeness (QED) is 0.847. The monoisotopic (exact) mass is 274 g/mol. The van der Waals surface area contributed by atoms with Crippen molar-refractivity contribution >= 4 is 17.5 Å². The van der Waals surface area contributed by atoms with Crippen molar-refractivity contribution < 1.29 is 9.59 Å². The summed E-state index contributed by atoms with van der Waals surface area (Å²) in [6.07, 6.45) is 2.42. The van der Waals surface area contributed by atoms with Crippen molar-refractivity contribution in [3.8, 4) is 0 Å². The number of carbonyl (C=O) groups is 2. The van der Waals surface area contributed by atoms with E-state index in [1.807, 2.05) is 38.2 Å². The van der Waals surface area contributed by atoms with Crippen LogP contribution in [-0.4, -0.2) is 36.3 Å². The van der Waals surface area contributed by atoms with Gasteiger partial charge < -0.3 is 9.80 Å². The Morgan fingerprint density at radius 2 is 2.20 bits per heavy atom. The van der Waals surface area contributed by atoms with Gasteiger partial charge in [-0.05, 0) is 38.0 Å². The van der Waals surface area contributed by atoms with E-state index in [0.717, 1.165) is 25.1 Å². The van der Waals surface area contributed by atoms with Crippen molar-refractivity contribution in [3.05, 3.63) is 29.8 Å². The summed E-state index contributed by atoms with van der Waals surface area (Å²) >= 11 is 0. The summed E-state index contributed by atoms with van der Waals surface area (Å²) in [5, 5.41) is 0. The molecule has 1 aromatic carbocycles. The molecule has 0 N–H and O–H groups in total. The van der Waals surface area contributed by atoms with Crippen LogP contribution in [-0.2, 0) is 4.79 Å². The van der Waals surface area contributed by atoms with Crippen LogP contribution in [0.5, 0.6) is 0 Å². The molecule has 4 heteroatoms. The predicted molar refractivity (Wildman–Crippen MR) is 79.9 cm³/mol. The zero-order valence-corrected chi connectivity index (χ0v) is 12.4. The summed E-state index contributed by atoms with van der Waals surface area (Å²) in [6.45, 7) is 4.84. The van der Waals surface area contributed by atoms with Crippen LogP contribution in [0.2, 0.25) is 0 Å². The maximum atomic E-state index is 12.4. The second-order valence-electron chi connectivity index (χ2n) is 5.37. The molecule has 108 valence electrons. The van der Waals surface area contributed by atoms with Crippen LogP contribution < -0.4 is 4.90 Å². The molecule has 4 nitrogen and oxygen atoms in total. The number of benzene rings is 1. The average molecular weight is 274 g/mol. The van der Waals surface area contributed by atoms with Crippen molar-refractivity contribution in [2.45, 2.75) is 39.2 Å². The zero-order chi connectivity index (χ0) is 14.7. The Balaban J connectivity index is 2.21. The Kier molecular flexibility index (Phi) is 4.42. The van der Waals surface area contributed by atoms with Gasteiger partial charge in [0, 0.05) is 37.3 Å². The summed E-state index contributed by atoms with van der Waals surface area (Å²) in [5.74, 6) is 0.151. The molecule has 0 spiro atoms. The molecular formula is C16H22N2O2. The number of rotatable bonds is 4. The molecule has 1 saturated heterocycles. The summed E-state index contributed by atoms with van der Waals surface area (Å²) in [4.78, 5) is 27.7. The fraction of sp³-hybridized carbons (Fsp3) is 0.500. The highest BCUT2D eigenvalue weighted by Crippen LogP contribution is 2.23. The lowest BCUT2D eigenvalue weighted by Crippen LogP contribution is -2.34. The lowest BCUT2D eigenvalue weighted by molar-refractivity contribution is -0.117. The largest absolute Gasteiger partial charge is 0.339 e. The zero-order valence-electron chi connectivity index (χ0n) is 12.4. The second kappa shape index (κ2) is 6.07. The van der Waals surface area contributed by atoms with Gasteiger partial charge in [0.2, 0.25) is 5.91 Å². The van der Waals surface area contributed by atoms with Crippen LogP contribution >= 0.6 is 0 Å². The van der Waals surface area contributed by atoms with Gasteiger partial charge in [-0.25, -0.2) is 0 Å². The van der Waals surface area contributed by atoms with Crippen molar-refractivity contribution in [2.24, 2.45) is 0 Å².